The topological polar surface area (TPSA) is 46.6 Å². The first-order valence-corrected chi connectivity index (χ1v) is 4.73. The zero-order valence-corrected chi connectivity index (χ0v) is 9.53. The summed E-state index contributed by atoms with van der Waals surface area (Å²) in [6, 6.07) is -0.0450. The molecule has 82 valence electrons. The van der Waals surface area contributed by atoms with Crippen LogP contribution < -0.4 is 0 Å². The van der Waals surface area contributed by atoms with Gasteiger partial charge in [0.25, 0.3) is 0 Å². The fraction of sp³-hybridized carbons (Fsp3) is 0.800. The van der Waals surface area contributed by atoms with E-state index in [0.29, 0.717) is 0 Å². The summed E-state index contributed by atoms with van der Waals surface area (Å²) in [6.45, 7) is 7.12. The standard InChI is InChI=1S/C10H19NO3/c1-7(2)10(6-14-9(4)13)11(5)8(3)12/h7,10H,6H2,1-5H3. The molecular weight excluding hydrogens is 182 g/mol. The average molecular weight is 201 g/mol. The number of carbonyl (C=O) groups excluding carboxylic acids is 2. The van der Waals surface area contributed by atoms with Crippen LogP contribution in [0.15, 0.2) is 0 Å². The lowest BCUT2D eigenvalue weighted by Crippen LogP contribution is -2.42. The Kier molecular flexibility index (Phi) is 5.20. The number of amides is 1. The maximum atomic E-state index is 11.1. The van der Waals surface area contributed by atoms with Crippen molar-refractivity contribution in [3.8, 4) is 0 Å². The van der Waals surface area contributed by atoms with Crippen LogP contribution in [-0.2, 0) is 14.3 Å². The largest absolute Gasteiger partial charge is 0.464 e. The number of hydrogen-bond acceptors (Lipinski definition) is 3. The van der Waals surface area contributed by atoms with Crippen molar-refractivity contribution in [2.75, 3.05) is 13.7 Å². The van der Waals surface area contributed by atoms with Crippen LogP contribution in [0.2, 0.25) is 0 Å². The molecule has 0 aromatic carbocycles. The van der Waals surface area contributed by atoms with Gasteiger partial charge in [-0.2, -0.15) is 0 Å². The van der Waals surface area contributed by atoms with E-state index >= 15 is 0 Å². The van der Waals surface area contributed by atoms with Crippen LogP contribution >= 0.6 is 0 Å². The average Bonchev–Trinajstić information content (AvgIpc) is 2.02. The molecule has 0 fully saturated rings. The minimum atomic E-state index is -0.312. The Hall–Kier alpha value is -1.06. The van der Waals surface area contributed by atoms with Gasteiger partial charge < -0.3 is 9.64 Å². The van der Waals surface area contributed by atoms with Gasteiger partial charge in [-0.15, -0.1) is 0 Å². The van der Waals surface area contributed by atoms with Crippen molar-refractivity contribution < 1.29 is 14.3 Å². The van der Waals surface area contributed by atoms with E-state index in [9.17, 15) is 9.59 Å². The first-order valence-electron chi connectivity index (χ1n) is 4.73. The van der Waals surface area contributed by atoms with Crippen molar-refractivity contribution in [3.05, 3.63) is 0 Å². The maximum absolute atomic E-state index is 11.1. The molecule has 0 N–H and O–H groups in total. The third kappa shape index (κ3) is 4.25. The Bertz CT molecular complexity index is 213. The molecule has 0 aromatic heterocycles. The molecule has 0 saturated carbocycles. The number of rotatable bonds is 4. The Morgan fingerprint density at radius 2 is 1.79 bits per heavy atom. The van der Waals surface area contributed by atoms with Gasteiger partial charge in [-0.3, -0.25) is 9.59 Å². The smallest absolute Gasteiger partial charge is 0.302 e. The van der Waals surface area contributed by atoms with Gasteiger partial charge in [0.1, 0.15) is 6.61 Å². The lowest BCUT2D eigenvalue weighted by Gasteiger charge is -2.29. The molecule has 0 aliphatic heterocycles. The van der Waals surface area contributed by atoms with Crippen molar-refractivity contribution in [1.29, 1.82) is 0 Å². The van der Waals surface area contributed by atoms with E-state index in [1.54, 1.807) is 11.9 Å². The lowest BCUT2D eigenvalue weighted by atomic mass is 10.0. The van der Waals surface area contributed by atoms with Gasteiger partial charge in [0.05, 0.1) is 6.04 Å². The highest BCUT2D eigenvalue weighted by atomic mass is 16.5. The summed E-state index contributed by atoms with van der Waals surface area (Å²) in [6.07, 6.45) is 0. The number of carbonyl (C=O) groups is 2. The number of hydrogen-bond donors (Lipinski definition) is 0. The molecule has 0 aromatic rings. The molecule has 4 heteroatoms. The molecule has 1 unspecified atom stereocenters. The minimum Gasteiger partial charge on any atom is -0.464 e. The van der Waals surface area contributed by atoms with E-state index < -0.39 is 0 Å². The van der Waals surface area contributed by atoms with Gasteiger partial charge in [-0.25, -0.2) is 0 Å². The van der Waals surface area contributed by atoms with E-state index in [1.807, 2.05) is 13.8 Å². The molecule has 0 saturated heterocycles. The molecular formula is C10H19NO3. The summed E-state index contributed by atoms with van der Waals surface area (Å²) in [7, 11) is 1.72. The van der Waals surface area contributed by atoms with Gasteiger partial charge in [0, 0.05) is 20.9 Å². The summed E-state index contributed by atoms with van der Waals surface area (Å²) < 4.78 is 4.90. The highest BCUT2D eigenvalue weighted by Crippen LogP contribution is 2.09. The zero-order valence-electron chi connectivity index (χ0n) is 9.53. The second-order valence-corrected chi connectivity index (χ2v) is 3.74. The van der Waals surface area contributed by atoms with Crippen LogP contribution in [0.1, 0.15) is 27.7 Å². The third-order valence-electron chi connectivity index (χ3n) is 2.22. The van der Waals surface area contributed by atoms with E-state index in [4.69, 9.17) is 4.74 Å². The Morgan fingerprint density at radius 3 is 2.07 bits per heavy atom. The SMILES string of the molecule is CC(=O)OCC(C(C)C)N(C)C(C)=O. The van der Waals surface area contributed by atoms with Gasteiger partial charge in [0.2, 0.25) is 5.91 Å². The predicted octanol–water partition coefficient (Wildman–Crippen LogP) is 1.05. The molecule has 14 heavy (non-hydrogen) atoms. The highest BCUT2D eigenvalue weighted by molar-refractivity contribution is 5.73. The minimum absolute atomic E-state index is 0.0177. The van der Waals surface area contributed by atoms with Crippen LogP contribution in [0.4, 0.5) is 0 Å². The lowest BCUT2D eigenvalue weighted by molar-refractivity contribution is -0.146. The monoisotopic (exact) mass is 201 g/mol. The number of ether oxygens (including phenoxy) is 1. The van der Waals surface area contributed by atoms with Gasteiger partial charge in [-0.05, 0) is 5.92 Å². The van der Waals surface area contributed by atoms with Crippen molar-refractivity contribution in [3.63, 3.8) is 0 Å². The van der Waals surface area contributed by atoms with Crippen molar-refractivity contribution in [1.82, 2.24) is 4.90 Å². The third-order valence-corrected chi connectivity index (χ3v) is 2.22. The second kappa shape index (κ2) is 5.62. The highest BCUT2D eigenvalue weighted by Gasteiger charge is 2.21. The maximum Gasteiger partial charge on any atom is 0.302 e. The predicted molar refractivity (Wildman–Crippen MR) is 53.7 cm³/mol. The van der Waals surface area contributed by atoms with E-state index in [-0.39, 0.29) is 30.4 Å². The molecule has 0 radical (unpaired) electrons. The van der Waals surface area contributed by atoms with Crippen molar-refractivity contribution in [2.45, 2.75) is 33.7 Å². The fourth-order valence-electron chi connectivity index (χ4n) is 1.19. The summed E-state index contributed by atoms with van der Waals surface area (Å²) in [4.78, 5) is 23.4. The molecule has 0 aliphatic rings. The number of nitrogens with zero attached hydrogens (tertiary/aromatic N) is 1. The first kappa shape index (κ1) is 12.9. The quantitative estimate of drug-likeness (QED) is 0.639. The Morgan fingerprint density at radius 1 is 1.29 bits per heavy atom. The summed E-state index contributed by atoms with van der Waals surface area (Å²) in [5, 5.41) is 0. The van der Waals surface area contributed by atoms with Gasteiger partial charge >= 0.3 is 5.97 Å². The molecule has 0 aliphatic carbocycles. The van der Waals surface area contributed by atoms with Crippen molar-refractivity contribution >= 4 is 11.9 Å². The van der Waals surface area contributed by atoms with Gasteiger partial charge in [0.15, 0.2) is 0 Å². The van der Waals surface area contributed by atoms with E-state index in [2.05, 4.69) is 0 Å². The summed E-state index contributed by atoms with van der Waals surface area (Å²) >= 11 is 0. The Labute approximate surface area is 85.2 Å². The van der Waals surface area contributed by atoms with Gasteiger partial charge in [-0.1, -0.05) is 13.8 Å². The molecule has 1 atom stereocenters. The van der Waals surface area contributed by atoms with Crippen LogP contribution in [0.3, 0.4) is 0 Å². The molecule has 0 bridgehead atoms. The zero-order chi connectivity index (χ0) is 11.3. The molecule has 4 nitrogen and oxygen atoms in total. The number of esters is 1. The van der Waals surface area contributed by atoms with Crippen molar-refractivity contribution in [2.24, 2.45) is 5.92 Å². The van der Waals surface area contributed by atoms with Crippen LogP contribution in [0.25, 0.3) is 0 Å². The summed E-state index contributed by atoms with van der Waals surface area (Å²) in [5.41, 5.74) is 0. The summed E-state index contributed by atoms with van der Waals surface area (Å²) in [5.74, 6) is -0.0632. The second-order valence-electron chi connectivity index (χ2n) is 3.74. The Balaban J connectivity index is 4.29. The van der Waals surface area contributed by atoms with Crippen LogP contribution in [-0.4, -0.2) is 36.5 Å². The molecule has 0 spiro atoms. The van der Waals surface area contributed by atoms with E-state index in [1.165, 1.54) is 13.8 Å². The van der Waals surface area contributed by atoms with Crippen LogP contribution in [0, 0.1) is 5.92 Å². The normalized spacial score (nSPS) is 12.4. The molecule has 0 heterocycles. The van der Waals surface area contributed by atoms with Crippen LogP contribution in [0.5, 0.6) is 0 Å². The fourth-order valence-corrected chi connectivity index (χ4v) is 1.19. The molecule has 1 amide bonds. The first-order chi connectivity index (χ1) is 6.36. The molecule has 0 rings (SSSR count). The van der Waals surface area contributed by atoms with E-state index in [0.717, 1.165) is 0 Å². The number of likely N-dealkylation sites (N-methyl/N-ethyl adjacent to an activating group) is 1.